The van der Waals surface area contributed by atoms with E-state index < -0.39 is 0 Å². The lowest BCUT2D eigenvalue weighted by molar-refractivity contribution is -0.895. The van der Waals surface area contributed by atoms with E-state index in [1.807, 2.05) is 19.2 Å². The molecule has 2 heterocycles. The quantitative estimate of drug-likeness (QED) is 0.610. The van der Waals surface area contributed by atoms with Gasteiger partial charge in [0, 0.05) is 11.8 Å². The van der Waals surface area contributed by atoms with Crippen molar-refractivity contribution in [3.8, 4) is 17.4 Å². The number of aromatic nitrogens is 2. The molecule has 3 rings (SSSR count). The van der Waals surface area contributed by atoms with Gasteiger partial charge in [-0.25, -0.2) is 0 Å². The molecule has 2 N–H and O–H groups in total. The van der Waals surface area contributed by atoms with Gasteiger partial charge >= 0.3 is 0 Å². The third-order valence-corrected chi connectivity index (χ3v) is 3.87. The van der Waals surface area contributed by atoms with Crippen LogP contribution in [0.15, 0.2) is 51.5 Å². The number of carbonyl (C=O) groups excluding carboxylic acids is 1. The number of rotatable bonds is 7. The Labute approximate surface area is 155 Å². The minimum atomic E-state index is -0.128. The van der Waals surface area contributed by atoms with Crippen molar-refractivity contribution in [1.82, 2.24) is 9.78 Å². The molecule has 8 nitrogen and oxygen atoms in total. The lowest BCUT2D eigenvalue weighted by atomic mass is 10.3. The summed E-state index contributed by atoms with van der Waals surface area (Å²) in [4.78, 5) is 13.3. The number of hydrogen-bond donors (Lipinski definition) is 2. The van der Waals surface area contributed by atoms with Gasteiger partial charge in [-0.15, -0.1) is 5.10 Å². The number of nitrogens with zero attached hydrogens (tertiary/aromatic N) is 2. The average molecular weight is 375 g/mol. The first-order valence-electron chi connectivity index (χ1n) is 7.92. The fraction of sp³-hybridized carbons (Fsp3) is 0.235. The summed E-state index contributed by atoms with van der Waals surface area (Å²) in [5.74, 6) is 1.37. The lowest BCUT2D eigenvalue weighted by Gasteiger charge is -2.13. The van der Waals surface area contributed by atoms with Crippen LogP contribution in [0.3, 0.4) is 0 Å². The number of amides is 1. The third-order valence-electron chi connectivity index (χ3n) is 3.57. The highest BCUT2D eigenvalue weighted by molar-refractivity contribution is 7.71. The van der Waals surface area contributed by atoms with E-state index >= 15 is 0 Å². The number of hydrogen-bond acceptors (Lipinski definition) is 6. The summed E-state index contributed by atoms with van der Waals surface area (Å²) >= 11 is 5.18. The number of carbonyl (C=O) groups is 1. The minimum Gasteiger partial charge on any atom is -0.497 e. The predicted octanol–water partition coefficient (Wildman–Crippen LogP) is 1.59. The van der Waals surface area contributed by atoms with Crippen LogP contribution in [0.5, 0.6) is 5.75 Å². The second-order valence-corrected chi connectivity index (χ2v) is 6.07. The smallest absolute Gasteiger partial charge is 0.292 e. The van der Waals surface area contributed by atoms with E-state index in [4.69, 9.17) is 25.8 Å². The van der Waals surface area contributed by atoms with Crippen LogP contribution in [-0.2, 0) is 11.5 Å². The zero-order chi connectivity index (χ0) is 18.5. The third kappa shape index (κ3) is 4.38. The van der Waals surface area contributed by atoms with Gasteiger partial charge in [0.05, 0.1) is 20.4 Å². The average Bonchev–Trinajstić information content (AvgIpc) is 3.25. The van der Waals surface area contributed by atoms with Crippen LogP contribution in [0, 0.1) is 4.84 Å². The summed E-state index contributed by atoms with van der Waals surface area (Å²) in [6.45, 7) is 0.622. The molecule has 0 aliphatic rings. The second-order valence-electron chi connectivity index (χ2n) is 5.72. The Morgan fingerprint density at radius 3 is 2.96 bits per heavy atom. The van der Waals surface area contributed by atoms with Crippen molar-refractivity contribution < 1.29 is 23.3 Å². The summed E-state index contributed by atoms with van der Waals surface area (Å²) in [5, 5.41) is 7.13. The highest BCUT2D eigenvalue weighted by atomic mass is 32.1. The first-order valence-corrected chi connectivity index (χ1v) is 8.33. The van der Waals surface area contributed by atoms with Crippen LogP contribution >= 0.6 is 12.2 Å². The maximum atomic E-state index is 12.2. The molecule has 1 aromatic carbocycles. The topological polar surface area (TPSA) is 86.9 Å². The van der Waals surface area contributed by atoms with E-state index in [1.165, 1.54) is 10.9 Å². The van der Waals surface area contributed by atoms with E-state index in [1.54, 1.807) is 31.4 Å². The number of benzene rings is 1. The van der Waals surface area contributed by atoms with E-state index in [2.05, 4.69) is 10.4 Å². The highest BCUT2D eigenvalue weighted by Gasteiger charge is 2.15. The summed E-state index contributed by atoms with van der Waals surface area (Å²) < 4.78 is 17.4. The molecule has 26 heavy (non-hydrogen) atoms. The molecule has 136 valence electrons. The Morgan fingerprint density at radius 2 is 2.23 bits per heavy atom. The van der Waals surface area contributed by atoms with Gasteiger partial charge in [-0.3, -0.25) is 4.79 Å². The van der Waals surface area contributed by atoms with E-state index in [0.29, 0.717) is 29.8 Å². The molecule has 1 atom stereocenters. The molecule has 0 spiro atoms. The van der Waals surface area contributed by atoms with E-state index in [0.717, 1.165) is 4.90 Å². The molecular weight excluding hydrogens is 356 g/mol. The molecule has 0 fully saturated rings. The fourth-order valence-corrected chi connectivity index (χ4v) is 2.58. The molecule has 2 aromatic heterocycles. The van der Waals surface area contributed by atoms with Gasteiger partial charge in [-0.2, -0.15) is 4.68 Å². The van der Waals surface area contributed by atoms with Gasteiger partial charge in [-0.05, 0) is 36.5 Å². The van der Waals surface area contributed by atoms with Gasteiger partial charge < -0.3 is 23.8 Å². The van der Waals surface area contributed by atoms with Crippen molar-refractivity contribution >= 4 is 23.8 Å². The molecule has 0 radical (unpaired) electrons. The Hall–Kier alpha value is -2.91. The van der Waals surface area contributed by atoms with E-state index in [-0.39, 0.29) is 17.3 Å². The molecule has 0 aliphatic heterocycles. The van der Waals surface area contributed by atoms with Crippen LogP contribution in [0.2, 0.25) is 0 Å². The van der Waals surface area contributed by atoms with Crippen molar-refractivity contribution in [2.75, 3.05) is 26.0 Å². The van der Waals surface area contributed by atoms with Crippen molar-refractivity contribution in [3.63, 3.8) is 0 Å². The SMILES string of the molecule is COc1cccc(NC(=O)C[NH+](C)Cn2nc(-c3ccco3)oc2=S)c1. The Bertz CT molecular complexity index is 932. The zero-order valence-electron chi connectivity index (χ0n) is 14.4. The minimum absolute atomic E-state index is 0.128. The number of ether oxygens (including phenoxy) is 1. The van der Waals surface area contributed by atoms with Gasteiger partial charge in [0.15, 0.2) is 19.0 Å². The molecule has 0 aliphatic carbocycles. The highest BCUT2D eigenvalue weighted by Crippen LogP contribution is 2.17. The normalized spacial score (nSPS) is 11.9. The predicted molar refractivity (Wildman–Crippen MR) is 96.4 cm³/mol. The second kappa shape index (κ2) is 7.98. The molecular formula is C17H19N4O4S+. The number of anilines is 1. The maximum Gasteiger partial charge on any atom is 0.292 e. The number of nitrogens with one attached hydrogen (secondary N) is 2. The van der Waals surface area contributed by atoms with Crippen LogP contribution in [0.4, 0.5) is 5.69 Å². The summed E-state index contributed by atoms with van der Waals surface area (Å²) in [6, 6.07) is 10.7. The number of methoxy groups -OCH3 is 1. The standard InChI is InChI=1S/C17H18N4O4S/c1-20(10-15(22)18-12-5-3-6-13(9-12)23-2)11-21-17(26)25-16(19-21)14-7-4-8-24-14/h3-9H,10-11H2,1-2H3,(H,18,22)/p+1. The van der Waals surface area contributed by atoms with Gasteiger partial charge in [0.1, 0.15) is 5.75 Å². The van der Waals surface area contributed by atoms with Crippen LogP contribution in [0.25, 0.3) is 11.7 Å². The maximum absolute atomic E-state index is 12.2. The van der Waals surface area contributed by atoms with Gasteiger partial charge in [-0.1, -0.05) is 6.07 Å². The van der Waals surface area contributed by atoms with Gasteiger partial charge in [0.25, 0.3) is 16.6 Å². The summed E-state index contributed by atoms with van der Waals surface area (Å²) in [5.41, 5.74) is 0.681. The zero-order valence-corrected chi connectivity index (χ0v) is 15.2. The fourth-order valence-electron chi connectivity index (χ4n) is 2.40. The number of quaternary nitrogens is 1. The van der Waals surface area contributed by atoms with Crippen LogP contribution < -0.4 is 15.0 Å². The monoisotopic (exact) mass is 375 g/mol. The number of likely N-dealkylation sites (N-methyl/N-ethyl adjacent to an activating group) is 1. The van der Waals surface area contributed by atoms with Crippen LogP contribution in [-0.4, -0.2) is 36.4 Å². The molecule has 9 heteroatoms. The number of furan rings is 1. The summed E-state index contributed by atoms with van der Waals surface area (Å²) in [6.07, 6.45) is 1.53. The van der Waals surface area contributed by atoms with Gasteiger partial charge in [0.2, 0.25) is 0 Å². The van der Waals surface area contributed by atoms with Crippen molar-refractivity contribution in [1.29, 1.82) is 0 Å². The first kappa shape index (κ1) is 17.9. The van der Waals surface area contributed by atoms with Crippen molar-refractivity contribution in [2.45, 2.75) is 6.67 Å². The summed E-state index contributed by atoms with van der Waals surface area (Å²) in [7, 11) is 3.45. The largest absolute Gasteiger partial charge is 0.497 e. The molecule has 0 saturated carbocycles. The van der Waals surface area contributed by atoms with E-state index in [9.17, 15) is 4.79 Å². The lowest BCUT2D eigenvalue weighted by Crippen LogP contribution is -3.09. The van der Waals surface area contributed by atoms with Crippen molar-refractivity contribution in [3.05, 3.63) is 47.5 Å². The molecule has 0 bridgehead atoms. The van der Waals surface area contributed by atoms with Crippen molar-refractivity contribution in [2.24, 2.45) is 0 Å². The Balaban J connectivity index is 1.59. The molecule has 3 aromatic rings. The Morgan fingerprint density at radius 1 is 1.38 bits per heavy atom. The van der Waals surface area contributed by atoms with Crippen LogP contribution in [0.1, 0.15) is 0 Å². The molecule has 0 saturated heterocycles. The molecule has 1 amide bonds. The Kier molecular flexibility index (Phi) is 5.49. The first-order chi connectivity index (χ1) is 12.5. The molecule has 1 unspecified atom stereocenters.